The largest absolute Gasteiger partial charge is 0.385 e. The lowest BCUT2D eigenvalue weighted by Crippen LogP contribution is -2.36. The van der Waals surface area contributed by atoms with Crippen LogP contribution in [0.15, 0.2) is 83.5 Å². The highest BCUT2D eigenvalue weighted by atomic mass is 15.2. The molecule has 5 N–H and O–H groups in total. The van der Waals surface area contributed by atoms with Crippen molar-refractivity contribution >= 4 is 17.6 Å². The molecule has 0 amide bonds. The number of rotatable bonds is 12. The molecule has 0 saturated heterocycles. The normalized spacial score (nSPS) is 17.6. The van der Waals surface area contributed by atoms with E-state index in [1.54, 1.807) is 12.3 Å². The van der Waals surface area contributed by atoms with Gasteiger partial charge < -0.3 is 26.3 Å². The Bertz CT molecular complexity index is 1180. The van der Waals surface area contributed by atoms with E-state index in [1.807, 2.05) is 45.4 Å². The molecule has 0 spiro atoms. The molecule has 3 heterocycles. The molecular formula is C39H66N6. The zero-order chi connectivity index (χ0) is 34.2. The smallest absolute Gasteiger partial charge is 0.149 e. The topological polar surface area (TPSA) is 81.5 Å². The number of amidine groups is 1. The van der Waals surface area contributed by atoms with Gasteiger partial charge in [0.1, 0.15) is 11.5 Å². The highest BCUT2D eigenvalue weighted by molar-refractivity contribution is 6.03. The van der Waals surface area contributed by atoms with Crippen LogP contribution in [0.3, 0.4) is 0 Å². The molecule has 1 unspecified atom stereocenters. The number of hydrogen-bond donors (Lipinski definition) is 4. The molecule has 2 aliphatic rings. The third-order valence-electron chi connectivity index (χ3n) is 7.61. The van der Waals surface area contributed by atoms with Gasteiger partial charge in [-0.15, -0.1) is 0 Å². The van der Waals surface area contributed by atoms with E-state index in [0.717, 1.165) is 29.3 Å². The summed E-state index contributed by atoms with van der Waals surface area (Å²) in [6.45, 7) is 26.0. The molecule has 45 heavy (non-hydrogen) atoms. The minimum atomic E-state index is 0.528. The number of aliphatic imine (C=N–C) groups is 1. The minimum Gasteiger partial charge on any atom is -0.385 e. The maximum atomic E-state index is 6.35. The summed E-state index contributed by atoms with van der Waals surface area (Å²) in [7, 11) is 1.93. The number of allylic oxidation sites excluding steroid dienone is 5. The second-order valence-corrected chi connectivity index (χ2v) is 11.1. The Labute approximate surface area is 277 Å². The second kappa shape index (κ2) is 24.6. The van der Waals surface area contributed by atoms with Crippen molar-refractivity contribution in [2.24, 2.45) is 16.6 Å². The van der Waals surface area contributed by atoms with Crippen molar-refractivity contribution in [3.8, 4) is 0 Å². The molecule has 1 aromatic heterocycles. The molecular weight excluding hydrogens is 552 g/mol. The van der Waals surface area contributed by atoms with Gasteiger partial charge in [-0.1, -0.05) is 90.8 Å². The lowest BCUT2D eigenvalue weighted by molar-refractivity contribution is 0.331. The molecule has 0 bridgehead atoms. The maximum absolute atomic E-state index is 6.35. The number of H-pyrrole nitrogens is 1. The molecule has 1 atom stereocenters. The SMILES string of the molecule is C/C=C1/C=CNC1C.C=C/C=C\c1[nH]c(/C(NC)=C2\C(N)=NC=CN2CC(CCC)CCC)cc1C.CC.CC/C=C(\C)CC. The molecule has 3 rings (SSSR count). The van der Waals surface area contributed by atoms with E-state index in [-0.39, 0.29) is 0 Å². The van der Waals surface area contributed by atoms with Crippen LogP contribution in [0.5, 0.6) is 0 Å². The zero-order valence-corrected chi connectivity index (χ0v) is 30.6. The summed E-state index contributed by atoms with van der Waals surface area (Å²) in [6, 6.07) is 2.67. The van der Waals surface area contributed by atoms with Gasteiger partial charge in [0.2, 0.25) is 0 Å². The van der Waals surface area contributed by atoms with Gasteiger partial charge in [-0.25, -0.2) is 4.99 Å². The van der Waals surface area contributed by atoms with Crippen molar-refractivity contribution in [1.82, 2.24) is 20.5 Å². The van der Waals surface area contributed by atoms with E-state index in [0.29, 0.717) is 17.8 Å². The van der Waals surface area contributed by atoms with Crippen LogP contribution in [-0.4, -0.2) is 35.4 Å². The van der Waals surface area contributed by atoms with Crippen molar-refractivity contribution in [2.75, 3.05) is 13.6 Å². The third kappa shape index (κ3) is 14.8. The Morgan fingerprint density at radius 1 is 1.18 bits per heavy atom. The predicted molar refractivity (Wildman–Crippen MR) is 203 cm³/mol. The van der Waals surface area contributed by atoms with Crippen molar-refractivity contribution in [3.05, 3.63) is 95.4 Å². The summed E-state index contributed by atoms with van der Waals surface area (Å²) in [4.78, 5) is 10.1. The van der Waals surface area contributed by atoms with Crippen molar-refractivity contribution in [1.29, 1.82) is 0 Å². The van der Waals surface area contributed by atoms with Crippen LogP contribution in [0.2, 0.25) is 0 Å². The average molecular weight is 619 g/mol. The van der Waals surface area contributed by atoms with E-state index in [2.05, 4.69) is 112 Å². The summed E-state index contributed by atoms with van der Waals surface area (Å²) in [5.74, 6) is 1.17. The molecule has 6 heteroatoms. The standard InChI is InChI=1S/C23H35N5.C7H11N.C7H14.C2H6/c1-6-9-12-19-17(4)15-20(27-19)21(25-5)22-23(24)26-13-14-28(22)16-18(10-7-2)11-8-3;1-3-7-4-5-8-6(7)2;1-4-6-7(3)5-2;1-2/h6,9,12-15,18,25,27H,1,7-8,10-11,16H2,2-5H3,(H2,24,26);3-6,8H,1-2H3;6H,4-5H2,1-3H3;1-2H3/b12-9-,22-21-;7-3-;7-6+;. The van der Waals surface area contributed by atoms with Gasteiger partial charge in [-0.05, 0) is 94.9 Å². The predicted octanol–water partition coefficient (Wildman–Crippen LogP) is 9.99. The van der Waals surface area contributed by atoms with Gasteiger partial charge in [0.25, 0.3) is 0 Å². The quantitative estimate of drug-likeness (QED) is 0.139. The van der Waals surface area contributed by atoms with E-state index in [1.165, 1.54) is 55.2 Å². The molecule has 252 valence electrons. The fourth-order valence-electron chi connectivity index (χ4n) is 5.12. The number of nitrogens with two attached hydrogens (primary N) is 1. The fraction of sp³-hybridized carbons (Fsp3) is 0.513. The third-order valence-corrected chi connectivity index (χ3v) is 7.61. The Hall–Kier alpha value is -3.67. The van der Waals surface area contributed by atoms with Gasteiger partial charge in [-0.3, -0.25) is 0 Å². The zero-order valence-electron chi connectivity index (χ0n) is 30.6. The van der Waals surface area contributed by atoms with Crippen LogP contribution < -0.4 is 16.4 Å². The number of nitrogens with one attached hydrogen (secondary N) is 3. The molecule has 0 aliphatic carbocycles. The van der Waals surface area contributed by atoms with E-state index in [9.17, 15) is 0 Å². The van der Waals surface area contributed by atoms with Crippen molar-refractivity contribution in [3.63, 3.8) is 0 Å². The summed E-state index contributed by atoms with van der Waals surface area (Å²) in [6.07, 6.45) is 25.2. The van der Waals surface area contributed by atoms with Crippen LogP contribution in [0, 0.1) is 12.8 Å². The molecule has 0 radical (unpaired) electrons. The van der Waals surface area contributed by atoms with Crippen LogP contribution in [0.4, 0.5) is 0 Å². The number of aromatic amines is 1. The Kier molecular flexibility index (Phi) is 22.6. The van der Waals surface area contributed by atoms with Gasteiger partial charge in [0, 0.05) is 37.7 Å². The van der Waals surface area contributed by atoms with E-state index in [4.69, 9.17) is 5.73 Å². The van der Waals surface area contributed by atoms with Crippen LogP contribution in [0.25, 0.3) is 11.8 Å². The van der Waals surface area contributed by atoms with Crippen LogP contribution in [0.1, 0.15) is 118 Å². The van der Waals surface area contributed by atoms with E-state index >= 15 is 0 Å². The minimum absolute atomic E-state index is 0.528. The van der Waals surface area contributed by atoms with Crippen LogP contribution in [-0.2, 0) is 0 Å². The van der Waals surface area contributed by atoms with E-state index < -0.39 is 0 Å². The summed E-state index contributed by atoms with van der Waals surface area (Å²) in [5, 5.41) is 6.52. The highest BCUT2D eigenvalue weighted by Crippen LogP contribution is 2.26. The van der Waals surface area contributed by atoms with Gasteiger partial charge >= 0.3 is 0 Å². The van der Waals surface area contributed by atoms with Gasteiger partial charge in [-0.2, -0.15) is 0 Å². The Morgan fingerprint density at radius 2 is 1.84 bits per heavy atom. The summed E-state index contributed by atoms with van der Waals surface area (Å²) >= 11 is 0. The first-order chi connectivity index (χ1) is 21.7. The number of aromatic nitrogens is 1. The molecule has 1 aromatic rings. The summed E-state index contributed by atoms with van der Waals surface area (Å²) in [5.41, 5.74) is 14.4. The molecule has 0 saturated carbocycles. The fourth-order valence-corrected chi connectivity index (χ4v) is 5.12. The first-order valence-electron chi connectivity index (χ1n) is 17.1. The monoisotopic (exact) mass is 619 g/mol. The first kappa shape index (κ1) is 41.3. The Morgan fingerprint density at radius 3 is 2.29 bits per heavy atom. The number of nitrogens with zero attached hydrogens (tertiary/aromatic N) is 2. The lowest BCUT2D eigenvalue weighted by Gasteiger charge is -2.31. The highest BCUT2D eigenvalue weighted by Gasteiger charge is 2.23. The number of aryl methyl sites for hydroxylation is 1. The summed E-state index contributed by atoms with van der Waals surface area (Å²) < 4.78 is 0. The molecule has 2 aliphatic heterocycles. The molecule has 0 fully saturated rings. The van der Waals surface area contributed by atoms with Crippen molar-refractivity contribution in [2.45, 2.75) is 114 Å². The number of hydrogen-bond acceptors (Lipinski definition) is 5. The van der Waals surface area contributed by atoms with Gasteiger partial charge in [0.15, 0.2) is 0 Å². The molecule has 0 aromatic carbocycles. The first-order valence-corrected chi connectivity index (χ1v) is 17.1. The second-order valence-electron chi connectivity index (χ2n) is 11.1. The molecule has 6 nitrogen and oxygen atoms in total. The van der Waals surface area contributed by atoms with Gasteiger partial charge in [0.05, 0.1) is 11.4 Å². The lowest BCUT2D eigenvalue weighted by atomic mass is 9.97. The van der Waals surface area contributed by atoms with Crippen LogP contribution >= 0.6 is 0 Å². The average Bonchev–Trinajstić information content (AvgIpc) is 3.63. The van der Waals surface area contributed by atoms with Crippen molar-refractivity contribution < 1.29 is 0 Å². The maximum Gasteiger partial charge on any atom is 0.149 e. The Balaban J connectivity index is 0.000000925.